The number of nitrogens with one attached hydrogen (secondary N) is 1. The molecule has 1 heterocycles. The van der Waals surface area contributed by atoms with E-state index in [0.29, 0.717) is 24.3 Å². The molecule has 0 spiro atoms. The molecule has 2 aromatic carbocycles. The largest absolute Gasteiger partial charge is 1.00 e. The van der Waals surface area contributed by atoms with E-state index in [1.807, 2.05) is 61.7 Å². The van der Waals surface area contributed by atoms with Gasteiger partial charge in [-0.3, -0.25) is 4.79 Å². The first-order valence-corrected chi connectivity index (χ1v) is 15.7. The average Bonchev–Trinajstić information content (AvgIpc) is 3.51. The standard InChI is InChI=1S/C33H41NO5S.Li/c1-23-9-6-7-12-26(23)28-21-25(14-16-27(28)32(35)34-29(33(36)37)18-20-40-2)22-39-31(30-13-8-19-38-30)17-15-24-10-4-3-5-11-24;/h6-9,12-14,16,19,21,24,29,31H,3-5,10-11,15,17-18,20,22H2,1-2H3,(H,34,35)(H,36,37);/q;+1. The van der Waals surface area contributed by atoms with Crippen LogP contribution in [0.15, 0.2) is 65.3 Å². The molecule has 41 heavy (non-hydrogen) atoms. The Morgan fingerprint density at radius 2 is 1.83 bits per heavy atom. The summed E-state index contributed by atoms with van der Waals surface area (Å²) in [5.74, 6) is 0.833. The van der Waals surface area contributed by atoms with Crippen molar-refractivity contribution in [2.45, 2.75) is 77.0 Å². The molecule has 2 unspecified atom stereocenters. The van der Waals surface area contributed by atoms with Crippen LogP contribution in [0.25, 0.3) is 11.1 Å². The second-order valence-electron chi connectivity index (χ2n) is 10.7. The number of rotatable bonds is 14. The molecule has 2 atom stereocenters. The molecule has 0 radical (unpaired) electrons. The molecule has 0 bridgehead atoms. The predicted molar refractivity (Wildman–Crippen MR) is 161 cm³/mol. The van der Waals surface area contributed by atoms with Crippen LogP contribution < -0.4 is 24.2 Å². The van der Waals surface area contributed by atoms with Crippen molar-refractivity contribution in [2.24, 2.45) is 5.92 Å². The van der Waals surface area contributed by atoms with Crippen molar-refractivity contribution in [3.63, 3.8) is 0 Å². The monoisotopic (exact) mass is 570 g/mol. The van der Waals surface area contributed by atoms with Gasteiger partial charge >= 0.3 is 24.8 Å². The number of ether oxygens (including phenoxy) is 1. The number of carboxylic acid groups (broad SMARTS) is 1. The van der Waals surface area contributed by atoms with Crippen molar-refractivity contribution in [3.05, 3.63) is 83.3 Å². The number of carbonyl (C=O) groups is 2. The Morgan fingerprint density at radius 1 is 1.05 bits per heavy atom. The van der Waals surface area contributed by atoms with E-state index in [-0.39, 0.29) is 30.9 Å². The topological polar surface area (TPSA) is 88.8 Å². The number of carboxylic acids is 1. The molecular formula is C33H41LiNO5S+. The number of benzene rings is 2. The van der Waals surface area contributed by atoms with Gasteiger partial charge in [0.15, 0.2) is 0 Å². The fourth-order valence-electron chi connectivity index (χ4n) is 5.55. The van der Waals surface area contributed by atoms with Crippen LogP contribution in [-0.2, 0) is 16.1 Å². The van der Waals surface area contributed by atoms with Gasteiger partial charge in [0.1, 0.15) is 17.9 Å². The molecule has 1 saturated carbocycles. The minimum absolute atomic E-state index is 0. The van der Waals surface area contributed by atoms with Gasteiger partial charge in [-0.05, 0) is 90.6 Å². The molecule has 8 heteroatoms. The maximum absolute atomic E-state index is 13.4. The average molecular weight is 571 g/mol. The molecule has 214 valence electrons. The SMILES string of the molecule is CSCCC(NC(=O)c1ccc(COC(CCC2CCCCC2)c2ccco2)cc1-c1ccccc1C)C(=O)O.[Li+]. The normalized spacial score (nSPS) is 15.1. The molecular weight excluding hydrogens is 529 g/mol. The number of aliphatic carboxylic acids is 1. The van der Waals surface area contributed by atoms with Gasteiger partial charge < -0.3 is 19.6 Å². The summed E-state index contributed by atoms with van der Waals surface area (Å²) in [4.78, 5) is 25.2. The zero-order valence-electron chi connectivity index (χ0n) is 24.6. The van der Waals surface area contributed by atoms with Crippen molar-refractivity contribution >= 4 is 23.6 Å². The Labute approximate surface area is 260 Å². The smallest absolute Gasteiger partial charge is 0.480 e. The van der Waals surface area contributed by atoms with Gasteiger partial charge in [-0.1, -0.05) is 62.4 Å². The number of hydrogen-bond acceptors (Lipinski definition) is 5. The molecule has 1 aromatic heterocycles. The zero-order chi connectivity index (χ0) is 28.3. The number of carbonyl (C=O) groups excluding carboxylic acids is 1. The molecule has 1 fully saturated rings. The summed E-state index contributed by atoms with van der Waals surface area (Å²) in [5, 5.41) is 12.4. The molecule has 0 aliphatic heterocycles. The van der Waals surface area contributed by atoms with Gasteiger partial charge in [-0.2, -0.15) is 11.8 Å². The summed E-state index contributed by atoms with van der Waals surface area (Å²) < 4.78 is 12.2. The summed E-state index contributed by atoms with van der Waals surface area (Å²) in [6, 6.07) is 16.5. The summed E-state index contributed by atoms with van der Waals surface area (Å²) in [6.07, 6.45) is 12.5. The van der Waals surface area contributed by atoms with Crippen LogP contribution in [-0.4, -0.2) is 35.0 Å². The number of furan rings is 1. The number of aryl methyl sites for hydroxylation is 1. The minimum Gasteiger partial charge on any atom is -0.480 e. The zero-order valence-corrected chi connectivity index (χ0v) is 25.4. The maximum Gasteiger partial charge on any atom is 1.00 e. The molecule has 3 aromatic rings. The Kier molecular flexibility index (Phi) is 13.6. The van der Waals surface area contributed by atoms with E-state index in [4.69, 9.17) is 9.15 Å². The van der Waals surface area contributed by atoms with E-state index in [1.165, 1.54) is 32.1 Å². The van der Waals surface area contributed by atoms with E-state index >= 15 is 0 Å². The van der Waals surface area contributed by atoms with Crippen LogP contribution >= 0.6 is 11.8 Å². The molecule has 2 N–H and O–H groups in total. The Morgan fingerprint density at radius 3 is 2.51 bits per heavy atom. The van der Waals surface area contributed by atoms with Crippen LogP contribution in [0.4, 0.5) is 0 Å². The van der Waals surface area contributed by atoms with E-state index in [0.717, 1.165) is 46.8 Å². The minimum atomic E-state index is -1.03. The van der Waals surface area contributed by atoms with Crippen LogP contribution in [0.1, 0.15) is 84.7 Å². The first-order chi connectivity index (χ1) is 19.5. The van der Waals surface area contributed by atoms with Gasteiger partial charge in [-0.15, -0.1) is 0 Å². The van der Waals surface area contributed by atoms with Crippen LogP contribution in [0.5, 0.6) is 0 Å². The quantitative estimate of drug-likeness (QED) is 0.271. The first kappa shape index (κ1) is 33.1. The summed E-state index contributed by atoms with van der Waals surface area (Å²) in [5.41, 5.74) is 4.13. The number of thioether (sulfide) groups is 1. The summed E-state index contributed by atoms with van der Waals surface area (Å²) in [6.45, 7) is 2.39. The summed E-state index contributed by atoms with van der Waals surface area (Å²) >= 11 is 1.56. The fourth-order valence-corrected chi connectivity index (χ4v) is 6.02. The van der Waals surface area contributed by atoms with Crippen LogP contribution in [0, 0.1) is 12.8 Å². The van der Waals surface area contributed by atoms with Crippen molar-refractivity contribution in [1.82, 2.24) is 5.32 Å². The molecule has 1 amide bonds. The molecule has 1 aliphatic carbocycles. The maximum atomic E-state index is 13.4. The molecule has 4 rings (SSSR count). The van der Waals surface area contributed by atoms with E-state index in [9.17, 15) is 14.7 Å². The second kappa shape index (κ2) is 16.9. The Hall–Kier alpha value is -2.43. The summed E-state index contributed by atoms with van der Waals surface area (Å²) in [7, 11) is 0. The first-order valence-electron chi connectivity index (χ1n) is 14.3. The van der Waals surface area contributed by atoms with Crippen molar-refractivity contribution in [2.75, 3.05) is 12.0 Å². The Bertz CT molecular complexity index is 1240. The predicted octanol–water partition coefficient (Wildman–Crippen LogP) is 4.81. The van der Waals surface area contributed by atoms with E-state index in [1.54, 1.807) is 24.1 Å². The van der Waals surface area contributed by atoms with Crippen molar-refractivity contribution in [3.8, 4) is 11.1 Å². The number of amides is 1. The third-order valence-corrected chi connectivity index (χ3v) is 8.50. The number of hydrogen-bond donors (Lipinski definition) is 2. The Balaban J connectivity index is 0.00000462. The van der Waals surface area contributed by atoms with Crippen LogP contribution in [0.2, 0.25) is 0 Å². The van der Waals surface area contributed by atoms with Crippen LogP contribution in [0.3, 0.4) is 0 Å². The fraction of sp³-hybridized carbons (Fsp3) is 0.455. The van der Waals surface area contributed by atoms with E-state index < -0.39 is 12.0 Å². The van der Waals surface area contributed by atoms with Gasteiger partial charge in [0.05, 0.1) is 12.9 Å². The second-order valence-corrected chi connectivity index (χ2v) is 11.7. The molecule has 0 saturated heterocycles. The van der Waals surface area contributed by atoms with Gasteiger partial charge in [-0.25, -0.2) is 4.79 Å². The van der Waals surface area contributed by atoms with Crippen molar-refractivity contribution in [1.29, 1.82) is 0 Å². The van der Waals surface area contributed by atoms with Gasteiger partial charge in [0.2, 0.25) is 0 Å². The third kappa shape index (κ3) is 9.54. The molecule has 6 nitrogen and oxygen atoms in total. The third-order valence-electron chi connectivity index (χ3n) is 7.85. The van der Waals surface area contributed by atoms with E-state index in [2.05, 4.69) is 5.32 Å². The van der Waals surface area contributed by atoms with Crippen molar-refractivity contribution < 1.29 is 42.7 Å². The van der Waals surface area contributed by atoms with Gasteiger partial charge in [0, 0.05) is 5.56 Å². The molecule has 1 aliphatic rings. The van der Waals surface area contributed by atoms with Gasteiger partial charge in [0.25, 0.3) is 5.91 Å².